The molecule has 1 saturated carbocycles. The minimum Gasteiger partial charge on any atom is -0.196 e. The van der Waals surface area contributed by atoms with Gasteiger partial charge in [0.2, 0.25) is 0 Å². The number of hydrogen-bond acceptors (Lipinski definition) is 3. The van der Waals surface area contributed by atoms with Crippen LogP contribution in [0.2, 0.25) is 0 Å². The van der Waals surface area contributed by atoms with Gasteiger partial charge in [-0.15, -0.1) is 0 Å². The van der Waals surface area contributed by atoms with Gasteiger partial charge in [-0.3, -0.25) is 0 Å². The Bertz CT molecular complexity index is 282. The Morgan fingerprint density at radius 1 is 1.40 bits per heavy atom. The van der Waals surface area contributed by atoms with Crippen molar-refractivity contribution in [3.8, 4) is 6.07 Å². The molecule has 1 aliphatic carbocycles. The lowest BCUT2D eigenvalue weighted by molar-refractivity contribution is 0.275. The van der Waals surface area contributed by atoms with E-state index in [1.807, 2.05) is 20.8 Å². The van der Waals surface area contributed by atoms with Crippen molar-refractivity contribution in [3.63, 3.8) is 0 Å². The van der Waals surface area contributed by atoms with Crippen molar-refractivity contribution in [2.45, 2.75) is 64.5 Å². The molecule has 0 bridgehead atoms. The average molecular weight is 207 g/mol. The van der Waals surface area contributed by atoms with Gasteiger partial charge in [-0.1, -0.05) is 13.3 Å². The van der Waals surface area contributed by atoms with Gasteiger partial charge in [-0.25, -0.2) is 0 Å². The fourth-order valence-electron chi connectivity index (χ4n) is 1.98. The van der Waals surface area contributed by atoms with Crippen LogP contribution >= 0.6 is 0 Å². The van der Waals surface area contributed by atoms with E-state index in [-0.39, 0.29) is 5.54 Å². The van der Waals surface area contributed by atoms with Crippen LogP contribution in [0, 0.1) is 17.2 Å². The van der Waals surface area contributed by atoms with E-state index in [1.54, 1.807) is 0 Å². The van der Waals surface area contributed by atoms with E-state index in [0.717, 1.165) is 19.3 Å². The van der Waals surface area contributed by atoms with E-state index in [4.69, 9.17) is 0 Å². The first kappa shape index (κ1) is 12.2. The van der Waals surface area contributed by atoms with E-state index >= 15 is 0 Å². The number of azo groups is 1. The zero-order valence-corrected chi connectivity index (χ0v) is 10.2. The van der Waals surface area contributed by atoms with Crippen molar-refractivity contribution >= 4 is 0 Å². The fourth-order valence-corrected chi connectivity index (χ4v) is 1.98. The van der Waals surface area contributed by atoms with Gasteiger partial charge in [-0.2, -0.15) is 15.5 Å². The van der Waals surface area contributed by atoms with E-state index in [1.165, 1.54) is 6.42 Å². The maximum atomic E-state index is 9.25. The summed E-state index contributed by atoms with van der Waals surface area (Å²) in [6.07, 6.45) is 4.04. The summed E-state index contributed by atoms with van der Waals surface area (Å²) in [5.74, 6) is 0.595. The SMILES string of the molecule is CC1CCCC(C#N)(N=NC(C)(C)C)C1. The monoisotopic (exact) mass is 207 g/mol. The summed E-state index contributed by atoms with van der Waals surface area (Å²) in [5.41, 5.74) is -0.713. The van der Waals surface area contributed by atoms with Crippen LogP contribution in [0.5, 0.6) is 0 Å². The van der Waals surface area contributed by atoms with Crippen LogP contribution in [0.4, 0.5) is 0 Å². The molecule has 15 heavy (non-hydrogen) atoms. The van der Waals surface area contributed by atoms with Crippen LogP contribution in [0.15, 0.2) is 10.2 Å². The highest BCUT2D eigenvalue weighted by molar-refractivity contribution is 5.09. The molecule has 0 amide bonds. The zero-order chi connectivity index (χ0) is 11.5. The maximum absolute atomic E-state index is 9.25. The van der Waals surface area contributed by atoms with Gasteiger partial charge in [0.1, 0.15) is 0 Å². The molecule has 0 aromatic heterocycles. The molecular weight excluding hydrogens is 186 g/mol. The van der Waals surface area contributed by atoms with Crippen molar-refractivity contribution in [1.29, 1.82) is 5.26 Å². The lowest BCUT2D eigenvalue weighted by atomic mass is 9.78. The Balaban J connectivity index is 2.78. The lowest BCUT2D eigenvalue weighted by Crippen LogP contribution is -2.31. The van der Waals surface area contributed by atoms with Gasteiger partial charge >= 0.3 is 0 Å². The second kappa shape index (κ2) is 4.30. The molecule has 3 nitrogen and oxygen atoms in total. The minimum absolute atomic E-state index is 0.176. The summed E-state index contributed by atoms with van der Waals surface area (Å²) < 4.78 is 0. The van der Waals surface area contributed by atoms with Gasteiger partial charge in [-0.05, 0) is 46.0 Å². The first-order chi connectivity index (χ1) is 6.87. The second-order valence-corrected chi connectivity index (χ2v) is 5.72. The quantitative estimate of drug-likeness (QED) is 0.604. The Hall–Kier alpha value is -0.910. The summed E-state index contributed by atoms with van der Waals surface area (Å²) in [7, 11) is 0. The number of nitrogens with zero attached hydrogens (tertiary/aromatic N) is 3. The highest BCUT2D eigenvalue weighted by atomic mass is 15.2. The topological polar surface area (TPSA) is 48.5 Å². The predicted molar refractivity (Wildman–Crippen MR) is 60.6 cm³/mol. The van der Waals surface area contributed by atoms with Crippen molar-refractivity contribution in [3.05, 3.63) is 0 Å². The average Bonchev–Trinajstić information content (AvgIpc) is 2.14. The third kappa shape index (κ3) is 3.62. The molecule has 0 radical (unpaired) electrons. The molecule has 0 spiro atoms. The second-order valence-electron chi connectivity index (χ2n) is 5.72. The zero-order valence-electron chi connectivity index (χ0n) is 10.2. The Labute approximate surface area is 92.6 Å². The van der Waals surface area contributed by atoms with Crippen molar-refractivity contribution in [2.24, 2.45) is 16.1 Å². The largest absolute Gasteiger partial charge is 0.196 e. The van der Waals surface area contributed by atoms with E-state index in [9.17, 15) is 5.26 Å². The van der Waals surface area contributed by atoms with Crippen LogP contribution in [0.1, 0.15) is 53.4 Å². The van der Waals surface area contributed by atoms with Crippen molar-refractivity contribution < 1.29 is 0 Å². The predicted octanol–water partition coefficient (Wildman–Crippen LogP) is 3.71. The molecule has 1 aliphatic rings. The third-order valence-electron chi connectivity index (χ3n) is 2.72. The third-order valence-corrected chi connectivity index (χ3v) is 2.72. The molecule has 1 fully saturated rings. The van der Waals surface area contributed by atoms with Crippen LogP contribution < -0.4 is 0 Å². The van der Waals surface area contributed by atoms with Crippen LogP contribution in [0.25, 0.3) is 0 Å². The normalized spacial score (nSPS) is 32.9. The Morgan fingerprint density at radius 2 is 2.07 bits per heavy atom. The summed E-state index contributed by atoms with van der Waals surface area (Å²) >= 11 is 0. The molecule has 0 aliphatic heterocycles. The summed E-state index contributed by atoms with van der Waals surface area (Å²) in [6.45, 7) is 8.22. The lowest BCUT2D eigenvalue weighted by Gasteiger charge is -2.30. The van der Waals surface area contributed by atoms with Gasteiger partial charge in [0.25, 0.3) is 0 Å². The van der Waals surface area contributed by atoms with Gasteiger partial charge in [0.05, 0.1) is 11.6 Å². The maximum Gasteiger partial charge on any atom is 0.167 e. The number of hydrogen-bond donors (Lipinski definition) is 0. The van der Waals surface area contributed by atoms with Crippen LogP contribution in [0.3, 0.4) is 0 Å². The molecule has 1 rings (SSSR count). The Morgan fingerprint density at radius 3 is 2.53 bits per heavy atom. The highest BCUT2D eigenvalue weighted by Gasteiger charge is 2.35. The first-order valence-electron chi connectivity index (χ1n) is 5.72. The smallest absolute Gasteiger partial charge is 0.167 e. The molecule has 0 aromatic rings. The first-order valence-corrected chi connectivity index (χ1v) is 5.72. The molecule has 84 valence electrons. The molecule has 0 saturated heterocycles. The molecular formula is C12H21N3. The standard InChI is InChI=1S/C12H21N3/c1-10-6-5-7-12(8-10,9-13)15-14-11(2,3)4/h10H,5-8H2,1-4H3. The van der Waals surface area contributed by atoms with Crippen molar-refractivity contribution in [1.82, 2.24) is 0 Å². The van der Waals surface area contributed by atoms with E-state index in [2.05, 4.69) is 23.2 Å². The summed E-state index contributed by atoms with van der Waals surface area (Å²) in [6, 6.07) is 2.36. The van der Waals surface area contributed by atoms with E-state index < -0.39 is 5.54 Å². The minimum atomic E-state index is -0.537. The summed E-state index contributed by atoms with van der Waals surface area (Å²) in [4.78, 5) is 0. The molecule has 0 N–H and O–H groups in total. The number of nitriles is 1. The molecule has 0 heterocycles. The van der Waals surface area contributed by atoms with Gasteiger partial charge < -0.3 is 0 Å². The van der Waals surface area contributed by atoms with Crippen LogP contribution in [-0.2, 0) is 0 Å². The summed E-state index contributed by atoms with van der Waals surface area (Å²) in [5, 5.41) is 17.8. The van der Waals surface area contributed by atoms with E-state index in [0.29, 0.717) is 5.92 Å². The van der Waals surface area contributed by atoms with Crippen LogP contribution in [-0.4, -0.2) is 11.1 Å². The molecule has 3 heteroatoms. The highest BCUT2D eigenvalue weighted by Crippen LogP contribution is 2.35. The molecule has 2 unspecified atom stereocenters. The van der Waals surface area contributed by atoms with Gasteiger partial charge in [0, 0.05) is 0 Å². The Kier molecular flexibility index (Phi) is 3.49. The fraction of sp³-hybridized carbons (Fsp3) is 0.917. The van der Waals surface area contributed by atoms with Gasteiger partial charge in [0.15, 0.2) is 5.54 Å². The molecule has 0 aromatic carbocycles. The van der Waals surface area contributed by atoms with Crippen molar-refractivity contribution in [2.75, 3.05) is 0 Å². The molecule has 2 atom stereocenters. The number of rotatable bonds is 1.